The van der Waals surface area contributed by atoms with Gasteiger partial charge in [-0.2, -0.15) is 0 Å². The maximum atomic E-state index is 10.9. The van der Waals surface area contributed by atoms with Crippen LogP contribution < -0.4 is 5.73 Å². The summed E-state index contributed by atoms with van der Waals surface area (Å²) in [6.45, 7) is 3.21. The van der Waals surface area contributed by atoms with Crippen LogP contribution in [0.2, 0.25) is 0 Å². The summed E-state index contributed by atoms with van der Waals surface area (Å²) in [5.41, 5.74) is 6.45. The minimum absolute atomic E-state index is 0.0394. The number of hydrogen-bond acceptors (Lipinski definition) is 4. The van der Waals surface area contributed by atoms with Gasteiger partial charge in [-0.25, -0.2) is 9.97 Å². The highest BCUT2D eigenvalue weighted by Crippen LogP contribution is 2.04. The Balaban J connectivity index is 3.20. The Hall–Kier alpha value is -1.45. The van der Waals surface area contributed by atoms with Gasteiger partial charge in [0.15, 0.2) is 5.78 Å². The van der Waals surface area contributed by atoms with Gasteiger partial charge >= 0.3 is 0 Å². The lowest BCUT2D eigenvalue weighted by Crippen LogP contribution is -2.03. The molecule has 0 unspecified atom stereocenters. The molecule has 1 aromatic rings. The fourth-order valence-corrected chi connectivity index (χ4v) is 0.831. The molecule has 0 aliphatic carbocycles. The number of rotatable bonds is 1. The normalized spacial score (nSPS) is 9.64. The molecule has 0 fully saturated rings. The number of nitrogens with zero attached hydrogens (tertiary/aromatic N) is 2. The van der Waals surface area contributed by atoms with E-state index in [2.05, 4.69) is 9.97 Å². The van der Waals surface area contributed by atoms with Crippen LogP contribution in [0, 0.1) is 6.92 Å². The van der Waals surface area contributed by atoms with Crippen molar-refractivity contribution in [2.75, 3.05) is 5.73 Å². The molecular weight excluding hydrogens is 142 g/mol. The molecule has 0 radical (unpaired) electrons. The summed E-state index contributed by atoms with van der Waals surface area (Å²) in [6, 6.07) is 0. The van der Waals surface area contributed by atoms with Crippen LogP contribution >= 0.6 is 0 Å². The second kappa shape index (κ2) is 2.65. The summed E-state index contributed by atoms with van der Waals surface area (Å²) < 4.78 is 0. The molecule has 0 spiro atoms. The number of hydrogen-bond donors (Lipinski definition) is 1. The Morgan fingerprint density at radius 3 is 2.73 bits per heavy atom. The summed E-state index contributed by atoms with van der Waals surface area (Å²) in [5.74, 6) is 0.162. The maximum absolute atomic E-state index is 10.9. The Labute approximate surface area is 64.5 Å². The predicted molar refractivity (Wildman–Crippen MR) is 41.2 cm³/mol. The molecule has 58 valence electrons. The van der Waals surface area contributed by atoms with E-state index in [4.69, 9.17) is 5.73 Å². The minimum Gasteiger partial charge on any atom is -0.368 e. The summed E-state index contributed by atoms with van der Waals surface area (Å²) in [6.07, 6.45) is 1.44. The topological polar surface area (TPSA) is 68.9 Å². The number of anilines is 1. The van der Waals surface area contributed by atoms with Crippen LogP contribution in [0.15, 0.2) is 6.20 Å². The van der Waals surface area contributed by atoms with Crippen LogP contribution in [0.4, 0.5) is 5.95 Å². The van der Waals surface area contributed by atoms with E-state index in [0.29, 0.717) is 11.3 Å². The second-order valence-corrected chi connectivity index (χ2v) is 2.28. The number of carbonyl (C=O) groups is 1. The number of nitrogens with two attached hydrogens (primary N) is 1. The third-order valence-electron chi connectivity index (χ3n) is 1.38. The van der Waals surface area contributed by atoms with Gasteiger partial charge in [0.2, 0.25) is 5.95 Å². The second-order valence-electron chi connectivity index (χ2n) is 2.28. The number of carbonyl (C=O) groups excluding carboxylic acids is 1. The molecule has 1 aromatic heterocycles. The van der Waals surface area contributed by atoms with Gasteiger partial charge < -0.3 is 5.73 Å². The minimum atomic E-state index is -0.0394. The standard InChI is InChI=1S/C7H9N3O/c1-4-6(5(2)11)3-9-7(8)10-4/h3H,1-2H3,(H2,8,9,10). The molecule has 0 saturated carbocycles. The number of nitrogen functional groups attached to an aromatic ring is 1. The van der Waals surface area contributed by atoms with E-state index in [0.717, 1.165) is 0 Å². The summed E-state index contributed by atoms with van der Waals surface area (Å²) in [4.78, 5) is 18.4. The molecule has 11 heavy (non-hydrogen) atoms. The zero-order chi connectivity index (χ0) is 8.43. The molecule has 0 aliphatic heterocycles. The number of ketones is 1. The van der Waals surface area contributed by atoms with Gasteiger partial charge in [0.05, 0.1) is 11.3 Å². The van der Waals surface area contributed by atoms with Crippen LogP contribution in [0.25, 0.3) is 0 Å². The van der Waals surface area contributed by atoms with Gasteiger partial charge in [0.1, 0.15) is 0 Å². The van der Waals surface area contributed by atoms with E-state index in [1.54, 1.807) is 6.92 Å². The van der Waals surface area contributed by atoms with Crippen molar-refractivity contribution in [3.8, 4) is 0 Å². The first kappa shape index (κ1) is 7.65. The Morgan fingerprint density at radius 1 is 1.64 bits per heavy atom. The zero-order valence-corrected chi connectivity index (χ0v) is 6.46. The van der Waals surface area contributed by atoms with Crippen molar-refractivity contribution in [2.24, 2.45) is 0 Å². The van der Waals surface area contributed by atoms with E-state index in [1.807, 2.05) is 0 Å². The maximum Gasteiger partial charge on any atom is 0.220 e. The quantitative estimate of drug-likeness (QED) is 0.596. The number of aryl methyl sites for hydroxylation is 1. The van der Waals surface area contributed by atoms with E-state index in [-0.39, 0.29) is 11.7 Å². The van der Waals surface area contributed by atoms with Crippen molar-refractivity contribution in [3.63, 3.8) is 0 Å². The lowest BCUT2D eigenvalue weighted by Gasteiger charge is -1.99. The van der Waals surface area contributed by atoms with Crippen molar-refractivity contribution in [1.29, 1.82) is 0 Å². The molecule has 4 heteroatoms. The van der Waals surface area contributed by atoms with Crippen molar-refractivity contribution >= 4 is 11.7 Å². The molecule has 0 aromatic carbocycles. The molecular formula is C7H9N3O. The van der Waals surface area contributed by atoms with E-state index in [1.165, 1.54) is 13.1 Å². The Kier molecular flexibility index (Phi) is 1.85. The fourth-order valence-electron chi connectivity index (χ4n) is 0.831. The van der Waals surface area contributed by atoms with Crippen molar-refractivity contribution in [2.45, 2.75) is 13.8 Å². The van der Waals surface area contributed by atoms with Gasteiger partial charge in [-0.3, -0.25) is 4.79 Å². The van der Waals surface area contributed by atoms with Crippen LogP contribution in [-0.4, -0.2) is 15.8 Å². The van der Waals surface area contributed by atoms with E-state index in [9.17, 15) is 4.79 Å². The lowest BCUT2D eigenvalue weighted by atomic mass is 10.2. The first-order valence-corrected chi connectivity index (χ1v) is 3.21. The average Bonchev–Trinajstić information content (AvgIpc) is 1.85. The van der Waals surface area contributed by atoms with Gasteiger partial charge in [0, 0.05) is 6.20 Å². The molecule has 0 bridgehead atoms. The van der Waals surface area contributed by atoms with E-state index >= 15 is 0 Å². The fraction of sp³-hybridized carbons (Fsp3) is 0.286. The first-order valence-electron chi connectivity index (χ1n) is 3.21. The SMILES string of the molecule is CC(=O)c1cnc(N)nc1C. The molecule has 4 nitrogen and oxygen atoms in total. The average molecular weight is 151 g/mol. The summed E-state index contributed by atoms with van der Waals surface area (Å²) >= 11 is 0. The van der Waals surface area contributed by atoms with Gasteiger partial charge in [-0.15, -0.1) is 0 Å². The molecule has 0 amide bonds. The number of Topliss-reactive ketones (excluding diaryl/α,β-unsaturated/α-hetero) is 1. The highest BCUT2D eigenvalue weighted by Gasteiger charge is 2.04. The monoisotopic (exact) mass is 151 g/mol. The zero-order valence-electron chi connectivity index (χ0n) is 6.46. The number of aromatic nitrogens is 2. The predicted octanol–water partition coefficient (Wildman–Crippen LogP) is 0.570. The van der Waals surface area contributed by atoms with E-state index < -0.39 is 0 Å². The lowest BCUT2D eigenvalue weighted by molar-refractivity contribution is 0.101. The smallest absolute Gasteiger partial charge is 0.220 e. The largest absolute Gasteiger partial charge is 0.368 e. The van der Waals surface area contributed by atoms with Gasteiger partial charge in [0.25, 0.3) is 0 Å². The highest BCUT2D eigenvalue weighted by molar-refractivity contribution is 5.94. The molecule has 2 N–H and O–H groups in total. The molecule has 1 heterocycles. The van der Waals surface area contributed by atoms with Crippen LogP contribution in [0.1, 0.15) is 23.0 Å². The summed E-state index contributed by atoms with van der Waals surface area (Å²) in [7, 11) is 0. The molecule has 0 atom stereocenters. The van der Waals surface area contributed by atoms with Crippen molar-refractivity contribution in [3.05, 3.63) is 17.5 Å². The van der Waals surface area contributed by atoms with Gasteiger partial charge in [-0.05, 0) is 13.8 Å². The van der Waals surface area contributed by atoms with Crippen LogP contribution in [-0.2, 0) is 0 Å². The van der Waals surface area contributed by atoms with Crippen LogP contribution in [0.5, 0.6) is 0 Å². The van der Waals surface area contributed by atoms with Gasteiger partial charge in [-0.1, -0.05) is 0 Å². The Bertz CT molecular complexity index is 296. The molecule has 0 aliphatic rings. The third-order valence-corrected chi connectivity index (χ3v) is 1.38. The summed E-state index contributed by atoms with van der Waals surface area (Å²) in [5, 5.41) is 0. The van der Waals surface area contributed by atoms with Crippen molar-refractivity contribution in [1.82, 2.24) is 9.97 Å². The molecule has 1 rings (SSSR count). The van der Waals surface area contributed by atoms with Crippen molar-refractivity contribution < 1.29 is 4.79 Å². The highest BCUT2D eigenvalue weighted by atomic mass is 16.1. The molecule has 0 saturated heterocycles. The van der Waals surface area contributed by atoms with Crippen LogP contribution in [0.3, 0.4) is 0 Å². The first-order chi connectivity index (χ1) is 5.11. The third kappa shape index (κ3) is 1.52. The Morgan fingerprint density at radius 2 is 2.27 bits per heavy atom.